The van der Waals surface area contributed by atoms with E-state index < -0.39 is 0 Å². The number of nitrogens with zero attached hydrogens (tertiary/aromatic N) is 2. The van der Waals surface area contributed by atoms with Gasteiger partial charge < -0.3 is 19.1 Å². The van der Waals surface area contributed by atoms with Crippen molar-refractivity contribution < 1.29 is 19.0 Å². The first kappa shape index (κ1) is 20.7. The van der Waals surface area contributed by atoms with E-state index in [0.29, 0.717) is 17.4 Å². The highest BCUT2D eigenvalue weighted by molar-refractivity contribution is 5.94. The maximum absolute atomic E-state index is 12.8. The third-order valence-electron chi connectivity index (χ3n) is 6.43. The molecule has 1 amide bonds. The number of aromatic nitrogens is 1. The summed E-state index contributed by atoms with van der Waals surface area (Å²) in [6, 6.07) is 11.9. The third-order valence-corrected chi connectivity index (χ3v) is 6.43. The molecule has 3 heterocycles. The van der Waals surface area contributed by atoms with E-state index in [1.807, 2.05) is 17.0 Å². The quantitative estimate of drug-likeness (QED) is 0.751. The Balaban J connectivity index is 1.33. The predicted molar refractivity (Wildman–Crippen MR) is 114 cm³/mol. The molecule has 0 N–H and O–H groups in total. The number of benzene rings is 1. The van der Waals surface area contributed by atoms with Crippen molar-refractivity contribution >= 4 is 5.91 Å². The van der Waals surface area contributed by atoms with Gasteiger partial charge in [-0.1, -0.05) is 12.1 Å². The van der Waals surface area contributed by atoms with E-state index in [4.69, 9.17) is 14.2 Å². The van der Waals surface area contributed by atoms with Crippen LogP contribution in [0.3, 0.4) is 0 Å². The second-order valence-electron chi connectivity index (χ2n) is 8.32. The molecule has 2 aromatic rings. The summed E-state index contributed by atoms with van der Waals surface area (Å²) in [4.78, 5) is 18.9. The van der Waals surface area contributed by atoms with Crippen LogP contribution in [0, 0.1) is 5.92 Å². The van der Waals surface area contributed by atoms with E-state index >= 15 is 0 Å². The number of carbonyl (C=O) groups is 1. The monoisotopic (exact) mass is 410 g/mol. The van der Waals surface area contributed by atoms with Crippen LogP contribution >= 0.6 is 0 Å². The predicted octanol–water partition coefficient (Wildman–Crippen LogP) is 3.74. The summed E-state index contributed by atoms with van der Waals surface area (Å²) in [5.74, 6) is 2.06. The minimum absolute atomic E-state index is 0.0330. The molecule has 1 aromatic heterocycles. The molecular formula is C24H30N2O4. The Kier molecular flexibility index (Phi) is 6.23. The molecule has 6 nitrogen and oxygen atoms in total. The van der Waals surface area contributed by atoms with Crippen molar-refractivity contribution in [3.05, 3.63) is 53.7 Å². The number of carbonyl (C=O) groups excluding carboxylic acids is 1. The first-order valence-electron chi connectivity index (χ1n) is 10.7. The van der Waals surface area contributed by atoms with Gasteiger partial charge in [-0.25, -0.2) is 4.98 Å². The molecule has 2 saturated heterocycles. The molecule has 2 fully saturated rings. The Morgan fingerprint density at radius 2 is 1.90 bits per heavy atom. The number of hydrogen-bond donors (Lipinski definition) is 0. The molecular weight excluding hydrogens is 380 g/mol. The summed E-state index contributed by atoms with van der Waals surface area (Å²) < 4.78 is 16.6. The number of methoxy groups -OCH3 is 2. The second-order valence-corrected chi connectivity index (χ2v) is 8.32. The van der Waals surface area contributed by atoms with Crippen LogP contribution in [0.2, 0.25) is 0 Å². The fraction of sp³-hybridized carbons (Fsp3) is 0.500. The summed E-state index contributed by atoms with van der Waals surface area (Å²) in [5, 5.41) is 0. The summed E-state index contributed by atoms with van der Waals surface area (Å²) >= 11 is 0. The number of hydrogen-bond acceptors (Lipinski definition) is 5. The van der Waals surface area contributed by atoms with Gasteiger partial charge in [0.1, 0.15) is 5.75 Å². The fourth-order valence-electron chi connectivity index (χ4n) is 4.67. The maximum atomic E-state index is 12.8. The topological polar surface area (TPSA) is 60.9 Å². The molecule has 160 valence electrons. The van der Waals surface area contributed by atoms with Crippen LogP contribution in [0.5, 0.6) is 11.6 Å². The van der Waals surface area contributed by atoms with Crippen molar-refractivity contribution in [2.45, 2.75) is 37.7 Å². The largest absolute Gasteiger partial charge is 0.497 e. The number of likely N-dealkylation sites (tertiary alicyclic amines) is 1. The van der Waals surface area contributed by atoms with E-state index in [0.717, 1.165) is 57.6 Å². The maximum Gasteiger partial charge on any atom is 0.255 e. The molecule has 1 unspecified atom stereocenters. The van der Waals surface area contributed by atoms with E-state index in [1.54, 1.807) is 32.5 Å². The van der Waals surface area contributed by atoms with Gasteiger partial charge in [-0.05, 0) is 61.8 Å². The molecule has 2 aliphatic rings. The lowest BCUT2D eigenvalue weighted by Gasteiger charge is -2.46. The Labute approximate surface area is 178 Å². The molecule has 30 heavy (non-hydrogen) atoms. The lowest BCUT2D eigenvalue weighted by Crippen LogP contribution is -2.51. The van der Waals surface area contributed by atoms with Crippen molar-refractivity contribution in [2.24, 2.45) is 5.92 Å². The molecule has 6 heteroatoms. The standard InChI is InChI=1S/C24H30N2O4/c1-28-21-6-3-18(4-7-21)15-19-9-14-30-24(16-19)10-12-26(13-11-24)23(27)20-5-8-22(29-2)25-17-20/h3-8,17,19H,9-16H2,1-2H3. The number of rotatable bonds is 5. The Morgan fingerprint density at radius 3 is 2.53 bits per heavy atom. The molecule has 1 spiro atoms. The van der Waals surface area contributed by atoms with Crippen LogP contribution in [0.15, 0.2) is 42.6 Å². The molecule has 0 bridgehead atoms. The van der Waals surface area contributed by atoms with Crippen LogP contribution in [0.25, 0.3) is 0 Å². The van der Waals surface area contributed by atoms with Crippen molar-refractivity contribution in [2.75, 3.05) is 33.9 Å². The van der Waals surface area contributed by atoms with Crippen LogP contribution in [-0.2, 0) is 11.2 Å². The lowest BCUT2D eigenvalue weighted by atomic mass is 9.77. The third kappa shape index (κ3) is 4.59. The van der Waals surface area contributed by atoms with Gasteiger partial charge in [-0.15, -0.1) is 0 Å². The van der Waals surface area contributed by atoms with Gasteiger partial charge in [0.15, 0.2) is 0 Å². The van der Waals surface area contributed by atoms with E-state index in [2.05, 4.69) is 17.1 Å². The minimum Gasteiger partial charge on any atom is -0.497 e. The Hall–Kier alpha value is -2.60. The molecule has 0 saturated carbocycles. The zero-order chi connectivity index (χ0) is 21.0. The summed E-state index contributed by atoms with van der Waals surface area (Å²) in [5.41, 5.74) is 1.86. The number of amides is 1. The van der Waals surface area contributed by atoms with Gasteiger partial charge in [0.2, 0.25) is 5.88 Å². The number of ether oxygens (including phenoxy) is 3. The van der Waals surface area contributed by atoms with Crippen LogP contribution in [0.4, 0.5) is 0 Å². The highest BCUT2D eigenvalue weighted by Gasteiger charge is 2.41. The first-order chi connectivity index (χ1) is 14.6. The normalized spacial score (nSPS) is 20.7. The summed E-state index contributed by atoms with van der Waals surface area (Å²) in [6.45, 7) is 2.25. The van der Waals surface area contributed by atoms with Gasteiger partial charge in [-0.3, -0.25) is 4.79 Å². The van der Waals surface area contributed by atoms with Crippen molar-refractivity contribution in [3.8, 4) is 11.6 Å². The molecule has 0 aliphatic carbocycles. The summed E-state index contributed by atoms with van der Waals surface area (Å²) in [7, 11) is 3.26. The van der Waals surface area contributed by atoms with Crippen LogP contribution in [-0.4, -0.2) is 55.3 Å². The van der Waals surface area contributed by atoms with Gasteiger partial charge >= 0.3 is 0 Å². The van der Waals surface area contributed by atoms with Crippen LogP contribution < -0.4 is 9.47 Å². The van der Waals surface area contributed by atoms with Gasteiger partial charge in [0.05, 0.1) is 25.4 Å². The average molecular weight is 411 g/mol. The van der Waals surface area contributed by atoms with Crippen LogP contribution in [0.1, 0.15) is 41.6 Å². The fourth-order valence-corrected chi connectivity index (χ4v) is 4.67. The molecule has 4 rings (SSSR count). The SMILES string of the molecule is COc1ccc(CC2CCOC3(CCN(C(=O)c4ccc(OC)nc4)CC3)C2)cc1. The van der Waals surface area contributed by atoms with Gasteiger partial charge in [-0.2, -0.15) is 0 Å². The second kappa shape index (κ2) is 9.04. The van der Waals surface area contributed by atoms with E-state index in [9.17, 15) is 4.79 Å². The highest BCUT2D eigenvalue weighted by atomic mass is 16.5. The first-order valence-corrected chi connectivity index (χ1v) is 10.7. The zero-order valence-electron chi connectivity index (χ0n) is 17.8. The summed E-state index contributed by atoms with van der Waals surface area (Å²) in [6.07, 6.45) is 6.59. The zero-order valence-corrected chi connectivity index (χ0v) is 17.8. The minimum atomic E-state index is -0.0929. The molecule has 2 aliphatic heterocycles. The lowest BCUT2D eigenvalue weighted by molar-refractivity contribution is -0.123. The van der Waals surface area contributed by atoms with Crippen molar-refractivity contribution in [1.82, 2.24) is 9.88 Å². The molecule has 1 atom stereocenters. The van der Waals surface area contributed by atoms with Crippen molar-refractivity contribution in [3.63, 3.8) is 0 Å². The Bertz CT molecular complexity index is 843. The average Bonchev–Trinajstić information content (AvgIpc) is 2.80. The van der Waals surface area contributed by atoms with Gasteiger partial charge in [0, 0.05) is 32.0 Å². The van der Waals surface area contributed by atoms with Crippen molar-refractivity contribution in [1.29, 1.82) is 0 Å². The molecule has 1 aromatic carbocycles. The van der Waals surface area contributed by atoms with Gasteiger partial charge in [0.25, 0.3) is 5.91 Å². The van der Waals surface area contributed by atoms with E-state index in [-0.39, 0.29) is 11.5 Å². The van der Waals surface area contributed by atoms with E-state index in [1.165, 1.54) is 5.56 Å². The Morgan fingerprint density at radius 1 is 1.13 bits per heavy atom. The highest BCUT2D eigenvalue weighted by Crippen LogP contribution is 2.39. The number of pyridine rings is 1. The number of piperidine rings is 1. The smallest absolute Gasteiger partial charge is 0.255 e. The molecule has 0 radical (unpaired) electrons.